The summed E-state index contributed by atoms with van der Waals surface area (Å²) in [6.07, 6.45) is 5.83. The number of nitrogens with zero attached hydrogens (tertiary/aromatic N) is 6. The first kappa shape index (κ1) is 14.8. The number of anilines is 1. The highest BCUT2D eigenvalue weighted by molar-refractivity contribution is 8.01. The summed E-state index contributed by atoms with van der Waals surface area (Å²) in [7, 11) is 0. The summed E-state index contributed by atoms with van der Waals surface area (Å²) in [5, 5.41) is 14.1. The first-order chi connectivity index (χ1) is 12.3. The lowest BCUT2D eigenvalue weighted by molar-refractivity contribution is 0.576. The molecule has 0 aliphatic heterocycles. The lowest BCUT2D eigenvalue weighted by Crippen LogP contribution is -2.11. The Balaban J connectivity index is 1.71. The first-order valence-electron chi connectivity index (χ1n) is 7.87. The number of aryl methyl sites for hydroxylation is 1. The molecule has 25 heavy (non-hydrogen) atoms. The molecular formula is C15H13N7OS2. The Morgan fingerprint density at radius 2 is 2.12 bits per heavy atom. The average molecular weight is 371 g/mol. The van der Waals surface area contributed by atoms with Crippen molar-refractivity contribution in [3.63, 3.8) is 0 Å². The van der Waals surface area contributed by atoms with E-state index in [-0.39, 0.29) is 0 Å². The summed E-state index contributed by atoms with van der Waals surface area (Å²) in [5.41, 5.74) is 8.03. The molecule has 10 heteroatoms. The summed E-state index contributed by atoms with van der Waals surface area (Å²) in [6, 6.07) is 3.66. The van der Waals surface area contributed by atoms with Crippen LogP contribution in [-0.2, 0) is 12.8 Å². The summed E-state index contributed by atoms with van der Waals surface area (Å²) in [5.74, 6) is 1.73. The van der Waals surface area contributed by atoms with Crippen LogP contribution in [0.2, 0.25) is 0 Å². The maximum atomic E-state index is 5.72. The van der Waals surface area contributed by atoms with Crippen LogP contribution in [0, 0.1) is 0 Å². The number of nitrogen functional groups attached to an aromatic ring is 1. The third-order valence-corrected chi connectivity index (χ3v) is 5.98. The van der Waals surface area contributed by atoms with Crippen LogP contribution in [0.15, 0.2) is 32.2 Å². The van der Waals surface area contributed by atoms with E-state index in [2.05, 4.69) is 20.3 Å². The summed E-state index contributed by atoms with van der Waals surface area (Å²) < 4.78 is 7.99. The molecule has 2 N–H and O–H groups in total. The van der Waals surface area contributed by atoms with Gasteiger partial charge < -0.3 is 10.2 Å². The van der Waals surface area contributed by atoms with Gasteiger partial charge in [0.15, 0.2) is 10.1 Å². The summed E-state index contributed by atoms with van der Waals surface area (Å²) >= 11 is 2.88. The lowest BCUT2D eigenvalue weighted by Gasteiger charge is -2.17. The highest BCUT2D eigenvalue weighted by atomic mass is 32.2. The maximum Gasteiger partial charge on any atom is 0.254 e. The standard InChI is InChI=1S/C15H13N7OS2/c16-13-19-20-15(25-13)24-12-8-4-1-2-5-9(8)17-14-18-11(21-22(12)14)10-6-3-7-23-10/h3,6-7H,1-2,4-5H2,(H2,16,19). The predicted octanol–water partition coefficient (Wildman–Crippen LogP) is 2.85. The van der Waals surface area contributed by atoms with Crippen molar-refractivity contribution in [3.05, 3.63) is 29.7 Å². The number of aromatic nitrogens is 6. The van der Waals surface area contributed by atoms with Gasteiger partial charge in [-0.05, 0) is 49.6 Å². The van der Waals surface area contributed by atoms with Crippen LogP contribution in [0.5, 0.6) is 0 Å². The van der Waals surface area contributed by atoms with Gasteiger partial charge in [-0.1, -0.05) is 11.3 Å². The van der Waals surface area contributed by atoms with Gasteiger partial charge in [-0.2, -0.15) is 9.50 Å². The van der Waals surface area contributed by atoms with Gasteiger partial charge in [-0.3, -0.25) is 0 Å². The zero-order valence-electron chi connectivity index (χ0n) is 13.0. The molecule has 0 saturated heterocycles. The number of furan rings is 1. The second-order valence-electron chi connectivity index (χ2n) is 5.68. The van der Waals surface area contributed by atoms with Crippen molar-refractivity contribution in [2.45, 2.75) is 35.0 Å². The van der Waals surface area contributed by atoms with Crippen molar-refractivity contribution in [3.8, 4) is 11.6 Å². The van der Waals surface area contributed by atoms with Crippen LogP contribution in [0.25, 0.3) is 17.4 Å². The van der Waals surface area contributed by atoms with Crippen molar-refractivity contribution in [2.24, 2.45) is 0 Å². The topological polar surface area (TPSA) is 108 Å². The fourth-order valence-electron chi connectivity index (χ4n) is 2.96. The molecule has 1 aliphatic carbocycles. The van der Waals surface area contributed by atoms with Crippen LogP contribution >= 0.6 is 23.1 Å². The van der Waals surface area contributed by atoms with Gasteiger partial charge in [0.05, 0.1) is 12.0 Å². The number of rotatable bonds is 3. The third kappa shape index (κ3) is 2.57. The molecule has 0 saturated carbocycles. The third-order valence-electron chi connectivity index (χ3n) is 4.06. The van der Waals surface area contributed by atoms with Crippen molar-refractivity contribution >= 4 is 34.0 Å². The van der Waals surface area contributed by atoms with Crippen molar-refractivity contribution in [1.29, 1.82) is 0 Å². The Hall–Kier alpha value is -2.46. The predicted molar refractivity (Wildman–Crippen MR) is 93.6 cm³/mol. The Morgan fingerprint density at radius 3 is 2.92 bits per heavy atom. The molecule has 4 heterocycles. The quantitative estimate of drug-likeness (QED) is 0.548. The fourth-order valence-corrected chi connectivity index (χ4v) is 4.76. The van der Waals surface area contributed by atoms with E-state index < -0.39 is 0 Å². The van der Waals surface area contributed by atoms with Gasteiger partial charge in [0.2, 0.25) is 11.0 Å². The zero-order valence-corrected chi connectivity index (χ0v) is 14.7. The Bertz CT molecular complexity index is 1050. The van der Waals surface area contributed by atoms with Gasteiger partial charge in [0, 0.05) is 5.56 Å². The molecule has 126 valence electrons. The molecule has 0 aromatic carbocycles. The maximum absolute atomic E-state index is 5.72. The summed E-state index contributed by atoms with van der Waals surface area (Å²) in [4.78, 5) is 9.28. The fraction of sp³-hybridized carbons (Fsp3) is 0.267. The van der Waals surface area contributed by atoms with Crippen molar-refractivity contribution in [2.75, 3.05) is 5.73 Å². The molecule has 0 unspecified atom stereocenters. The highest BCUT2D eigenvalue weighted by Crippen LogP contribution is 2.37. The summed E-state index contributed by atoms with van der Waals surface area (Å²) in [6.45, 7) is 0. The van der Waals surface area contributed by atoms with Gasteiger partial charge >= 0.3 is 0 Å². The van der Waals surface area contributed by atoms with E-state index in [1.807, 2.05) is 12.1 Å². The van der Waals surface area contributed by atoms with E-state index in [4.69, 9.17) is 15.1 Å². The largest absolute Gasteiger partial charge is 0.461 e. The first-order valence-corrected chi connectivity index (χ1v) is 9.50. The molecule has 0 bridgehead atoms. The van der Waals surface area contributed by atoms with Crippen LogP contribution < -0.4 is 5.73 Å². The van der Waals surface area contributed by atoms with E-state index in [0.717, 1.165) is 40.7 Å². The SMILES string of the molecule is Nc1nnc(Sc2c3c(nc4nc(-c5ccco5)nn24)CCCC3)s1. The van der Waals surface area contributed by atoms with Gasteiger partial charge in [-0.25, -0.2) is 4.98 Å². The van der Waals surface area contributed by atoms with E-state index in [1.165, 1.54) is 28.7 Å². The molecule has 1 aliphatic rings. The molecule has 4 aromatic rings. The second-order valence-corrected chi connectivity index (χ2v) is 7.93. The molecule has 0 spiro atoms. The van der Waals surface area contributed by atoms with E-state index in [1.54, 1.807) is 10.8 Å². The minimum Gasteiger partial charge on any atom is -0.461 e. The lowest BCUT2D eigenvalue weighted by atomic mass is 9.97. The van der Waals surface area contributed by atoms with E-state index >= 15 is 0 Å². The van der Waals surface area contributed by atoms with E-state index in [9.17, 15) is 0 Å². The van der Waals surface area contributed by atoms with Crippen molar-refractivity contribution < 1.29 is 4.42 Å². The normalized spacial score (nSPS) is 14.1. The molecule has 0 radical (unpaired) electrons. The van der Waals surface area contributed by atoms with E-state index in [0.29, 0.717) is 22.5 Å². The minimum atomic E-state index is 0.455. The monoisotopic (exact) mass is 371 g/mol. The van der Waals surface area contributed by atoms with Crippen LogP contribution in [0.4, 0.5) is 5.13 Å². The average Bonchev–Trinajstić information content (AvgIpc) is 3.34. The van der Waals surface area contributed by atoms with Crippen LogP contribution in [-0.4, -0.2) is 29.8 Å². The number of fused-ring (bicyclic) bond motifs is 2. The number of hydrogen-bond donors (Lipinski definition) is 1. The Kier molecular flexibility index (Phi) is 3.45. The van der Waals surface area contributed by atoms with Crippen LogP contribution in [0.1, 0.15) is 24.1 Å². The molecule has 0 amide bonds. The molecule has 0 fully saturated rings. The smallest absolute Gasteiger partial charge is 0.254 e. The Labute approximate surface area is 150 Å². The molecule has 8 nitrogen and oxygen atoms in total. The number of nitrogens with two attached hydrogens (primary N) is 1. The van der Waals surface area contributed by atoms with Crippen molar-refractivity contribution in [1.82, 2.24) is 29.8 Å². The molecule has 0 atom stereocenters. The van der Waals surface area contributed by atoms with Gasteiger partial charge in [0.25, 0.3) is 5.78 Å². The highest BCUT2D eigenvalue weighted by Gasteiger charge is 2.23. The molecule has 4 aromatic heterocycles. The van der Waals surface area contributed by atoms with Gasteiger partial charge in [-0.15, -0.1) is 15.3 Å². The number of hydrogen-bond acceptors (Lipinski definition) is 9. The zero-order chi connectivity index (χ0) is 16.8. The van der Waals surface area contributed by atoms with Crippen LogP contribution in [0.3, 0.4) is 0 Å². The minimum absolute atomic E-state index is 0.455. The molecular weight excluding hydrogens is 358 g/mol. The van der Waals surface area contributed by atoms with Gasteiger partial charge in [0.1, 0.15) is 5.03 Å². The Morgan fingerprint density at radius 1 is 1.20 bits per heavy atom. The second kappa shape index (κ2) is 5.81. The molecule has 5 rings (SSSR count).